The first-order valence-electron chi connectivity index (χ1n) is 5.16. The van der Waals surface area contributed by atoms with Crippen LogP contribution in [0.5, 0.6) is 11.8 Å². The van der Waals surface area contributed by atoms with E-state index in [-0.39, 0.29) is 0 Å². The van der Waals surface area contributed by atoms with Crippen LogP contribution in [0.3, 0.4) is 0 Å². The molecule has 0 atom stereocenters. The summed E-state index contributed by atoms with van der Waals surface area (Å²) < 4.78 is 7.45. The minimum absolute atomic E-state index is 0.524. The van der Waals surface area contributed by atoms with Gasteiger partial charge in [0.05, 0.1) is 6.20 Å². The van der Waals surface area contributed by atoms with Gasteiger partial charge in [0.25, 0.3) is 0 Å². The summed E-state index contributed by atoms with van der Waals surface area (Å²) in [5.41, 5.74) is 1.20. The number of ether oxygens (including phenoxy) is 1. The Labute approximate surface area is 99.6 Å². The zero-order chi connectivity index (χ0) is 11.5. The lowest BCUT2D eigenvalue weighted by atomic mass is 10.2. The molecule has 16 heavy (non-hydrogen) atoms. The lowest BCUT2D eigenvalue weighted by Crippen LogP contribution is -1.98. The van der Waals surface area contributed by atoms with Gasteiger partial charge < -0.3 is 4.74 Å². The number of halogens is 1. The Balaban J connectivity index is 2.23. The van der Waals surface area contributed by atoms with E-state index in [0.29, 0.717) is 11.2 Å². The molecule has 0 unspecified atom stereocenters. The standard InChI is InChI=1S/C12H13ClN2O/c1-3-15-11(13)8-14-12(15)16-10-6-4-9(2)5-7-10/h4-8H,3H2,1-2H3. The van der Waals surface area contributed by atoms with Crippen molar-refractivity contribution in [3.8, 4) is 11.8 Å². The second kappa shape index (κ2) is 4.58. The molecule has 84 valence electrons. The van der Waals surface area contributed by atoms with E-state index in [4.69, 9.17) is 16.3 Å². The predicted octanol–water partition coefficient (Wildman–Crippen LogP) is 3.66. The second-order valence-corrected chi connectivity index (χ2v) is 3.91. The summed E-state index contributed by atoms with van der Waals surface area (Å²) in [4.78, 5) is 4.11. The van der Waals surface area contributed by atoms with Crippen LogP contribution in [-0.4, -0.2) is 9.55 Å². The molecule has 0 amide bonds. The summed E-state index contributed by atoms with van der Waals surface area (Å²) in [7, 11) is 0. The Morgan fingerprint density at radius 1 is 1.31 bits per heavy atom. The first-order chi connectivity index (χ1) is 7.70. The highest BCUT2D eigenvalue weighted by Crippen LogP contribution is 2.23. The normalized spacial score (nSPS) is 10.4. The number of hydrogen-bond acceptors (Lipinski definition) is 2. The van der Waals surface area contributed by atoms with Crippen molar-refractivity contribution in [2.75, 3.05) is 0 Å². The van der Waals surface area contributed by atoms with Gasteiger partial charge in [-0.05, 0) is 26.0 Å². The smallest absolute Gasteiger partial charge is 0.303 e. The van der Waals surface area contributed by atoms with Crippen LogP contribution in [0.15, 0.2) is 30.5 Å². The Kier molecular flexibility index (Phi) is 3.15. The van der Waals surface area contributed by atoms with Crippen LogP contribution in [0.2, 0.25) is 5.15 Å². The van der Waals surface area contributed by atoms with Gasteiger partial charge in [0.1, 0.15) is 10.9 Å². The van der Waals surface area contributed by atoms with Crippen molar-refractivity contribution < 1.29 is 4.74 Å². The number of aromatic nitrogens is 2. The largest absolute Gasteiger partial charge is 0.425 e. The number of benzene rings is 1. The molecule has 2 aromatic rings. The third-order valence-corrected chi connectivity index (χ3v) is 2.62. The molecule has 0 aliphatic heterocycles. The molecular formula is C12H13ClN2O. The van der Waals surface area contributed by atoms with Gasteiger partial charge in [0.15, 0.2) is 0 Å². The maximum atomic E-state index is 5.96. The highest BCUT2D eigenvalue weighted by atomic mass is 35.5. The number of hydrogen-bond donors (Lipinski definition) is 0. The first-order valence-corrected chi connectivity index (χ1v) is 5.54. The minimum atomic E-state index is 0.524. The summed E-state index contributed by atoms with van der Waals surface area (Å²) in [5, 5.41) is 0.588. The van der Waals surface area contributed by atoms with Crippen molar-refractivity contribution in [2.45, 2.75) is 20.4 Å². The number of rotatable bonds is 3. The van der Waals surface area contributed by atoms with Crippen LogP contribution < -0.4 is 4.74 Å². The first kappa shape index (κ1) is 11.0. The highest BCUT2D eigenvalue weighted by Gasteiger charge is 2.08. The molecule has 1 aromatic heterocycles. The zero-order valence-corrected chi connectivity index (χ0v) is 10.0. The molecule has 4 heteroatoms. The molecule has 3 nitrogen and oxygen atoms in total. The Morgan fingerprint density at radius 3 is 2.62 bits per heavy atom. The summed E-state index contributed by atoms with van der Waals surface area (Å²) in [6.45, 7) is 4.77. The van der Waals surface area contributed by atoms with Gasteiger partial charge in [-0.1, -0.05) is 29.3 Å². The highest BCUT2D eigenvalue weighted by molar-refractivity contribution is 6.29. The number of nitrogens with zero attached hydrogens (tertiary/aromatic N) is 2. The second-order valence-electron chi connectivity index (χ2n) is 3.52. The molecule has 1 heterocycles. The molecule has 0 saturated heterocycles. The fourth-order valence-corrected chi connectivity index (χ4v) is 1.66. The van der Waals surface area contributed by atoms with Gasteiger partial charge >= 0.3 is 6.01 Å². The van der Waals surface area contributed by atoms with E-state index in [1.165, 1.54) is 5.56 Å². The molecule has 0 fully saturated rings. The van der Waals surface area contributed by atoms with E-state index in [2.05, 4.69) is 4.98 Å². The third kappa shape index (κ3) is 2.19. The fourth-order valence-electron chi connectivity index (χ4n) is 1.42. The summed E-state index contributed by atoms with van der Waals surface area (Å²) in [6, 6.07) is 8.35. The lowest BCUT2D eigenvalue weighted by Gasteiger charge is -2.07. The quantitative estimate of drug-likeness (QED) is 0.813. The van der Waals surface area contributed by atoms with Crippen LogP contribution in [0.1, 0.15) is 12.5 Å². The predicted molar refractivity (Wildman–Crippen MR) is 64.2 cm³/mol. The molecule has 0 aliphatic rings. The molecule has 2 rings (SSSR count). The van der Waals surface area contributed by atoms with Crippen LogP contribution in [0.4, 0.5) is 0 Å². The van der Waals surface area contributed by atoms with Gasteiger partial charge in [0.2, 0.25) is 0 Å². The van der Waals surface area contributed by atoms with E-state index in [0.717, 1.165) is 12.3 Å². The fraction of sp³-hybridized carbons (Fsp3) is 0.250. The SMILES string of the molecule is CCn1c(Cl)cnc1Oc1ccc(C)cc1. The van der Waals surface area contributed by atoms with E-state index in [1.54, 1.807) is 10.8 Å². The molecule has 0 N–H and O–H groups in total. The summed E-state index contributed by atoms with van der Waals surface area (Å²) >= 11 is 5.96. The molecular weight excluding hydrogens is 224 g/mol. The van der Waals surface area contributed by atoms with E-state index >= 15 is 0 Å². The van der Waals surface area contributed by atoms with Gasteiger partial charge in [-0.2, -0.15) is 0 Å². The molecule has 0 bridgehead atoms. The Bertz CT molecular complexity index is 476. The maximum absolute atomic E-state index is 5.96. The maximum Gasteiger partial charge on any atom is 0.303 e. The topological polar surface area (TPSA) is 27.1 Å². The van der Waals surface area contributed by atoms with E-state index < -0.39 is 0 Å². The van der Waals surface area contributed by atoms with E-state index in [9.17, 15) is 0 Å². The monoisotopic (exact) mass is 236 g/mol. The van der Waals surface area contributed by atoms with Crippen LogP contribution in [-0.2, 0) is 6.54 Å². The number of imidazole rings is 1. The van der Waals surface area contributed by atoms with Crippen LogP contribution >= 0.6 is 11.6 Å². The molecule has 0 saturated carbocycles. The van der Waals surface area contributed by atoms with Crippen molar-refractivity contribution in [1.29, 1.82) is 0 Å². The zero-order valence-electron chi connectivity index (χ0n) is 9.27. The summed E-state index contributed by atoms with van der Waals surface area (Å²) in [6.07, 6.45) is 1.59. The lowest BCUT2D eigenvalue weighted by molar-refractivity contribution is 0.415. The van der Waals surface area contributed by atoms with Gasteiger partial charge in [-0.3, -0.25) is 4.57 Å². The van der Waals surface area contributed by atoms with Gasteiger partial charge in [0, 0.05) is 6.54 Å². The summed E-state index contributed by atoms with van der Waals surface area (Å²) in [5.74, 6) is 0.766. The van der Waals surface area contributed by atoms with Crippen LogP contribution in [0, 0.1) is 6.92 Å². The van der Waals surface area contributed by atoms with Crippen molar-refractivity contribution in [3.63, 3.8) is 0 Å². The molecule has 1 aromatic carbocycles. The molecule has 0 spiro atoms. The van der Waals surface area contributed by atoms with Gasteiger partial charge in [-0.25, -0.2) is 4.98 Å². The van der Waals surface area contributed by atoms with Crippen molar-refractivity contribution >= 4 is 11.6 Å². The van der Waals surface area contributed by atoms with Crippen LogP contribution in [0.25, 0.3) is 0 Å². The minimum Gasteiger partial charge on any atom is -0.425 e. The average molecular weight is 237 g/mol. The van der Waals surface area contributed by atoms with Gasteiger partial charge in [-0.15, -0.1) is 0 Å². The van der Waals surface area contributed by atoms with Crippen molar-refractivity contribution in [3.05, 3.63) is 41.2 Å². The number of aryl methyl sites for hydroxylation is 1. The van der Waals surface area contributed by atoms with Crippen molar-refractivity contribution in [2.24, 2.45) is 0 Å². The molecule has 0 radical (unpaired) electrons. The molecule has 0 aliphatic carbocycles. The Hall–Kier alpha value is -1.48. The average Bonchev–Trinajstić information content (AvgIpc) is 2.63. The third-order valence-electron chi connectivity index (χ3n) is 2.32. The van der Waals surface area contributed by atoms with Crippen molar-refractivity contribution in [1.82, 2.24) is 9.55 Å². The Morgan fingerprint density at radius 2 is 2.00 bits per heavy atom. The van der Waals surface area contributed by atoms with E-state index in [1.807, 2.05) is 38.1 Å².